The number of amides is 1. The van der Waals surface area contributed by atoms with Crippen LogP contribution < -0.4 is 0 Å². The Morgan fingerprint density at radius 3 is 2.65 bits per heavy atom. The molecular weight excluding hydrogens is 216 g/mol. The molecule has 0 fully saturated rings. The van der Waals surface area contributed by atoms with Crippen LogP contribution in [0.1, 0.15) is 32.0 Å². The van der Waals surface area contributed by atoms with E-state index in [1.54, 1.807) is 13.2 Å². The van der Waals surface area contributed by atoms with Crippen molar-refractivity contribution in [3.63, 3.8) is 0 Å². The Kier molecular flexibility index (Phi) is 4.10. The third-order valence-corrected chi connectivity index (χ3v) is 2.08. The molecule has 1 aromatic rings. The molecule has 0 N–H and O–H groups in total. The number of carbonyl (C=O) groups is 1. The maximum Gasteiger partial charge on any atom is 0.410 e. The minimum atomic E-state index is -0.467. The number of aromatic nitrogens is 1. The highest BCUT2D eigenvalue weighted by Crippen LogP contribution is 2.11. The number of rotatable bonds is 2. The summed E-state index contributed by atoms with van der Waals surface area (Å²) in [6.07, 6.45) is 1.41. The lowest BCUT2D eigenvalue weighted by molar-refractivity contribution is 0.0283. The number of carbonyl (C=O) groups excluding carboxylic acids is 1. The van der Waals surface area contributed by atoms with Gasteiger partial charge in [-0.15, -0.1) is 0 Å². The van der Waals surface area contributed by atoms with Crippen molar-refractivity contribution in [2.45, 2.75) is 39.8 Å². The molecule has 94 valence electrons. The molecule has 0 radical (unpaired) electrons. The van der Waals surface area contributed by atoms with E-state index in [0.29, 0.717) is 6.54 Å². The van der Waals surface area contributed by atoms with E-state index in [2.05, 4.69) is 4.98 Å². The van der Waals surface area contributed by atoms with E-state index < -0.39 is 5.60 Å². The van der Waals surface area contributed by atoms with E-state index in [-0.39, 0.29) is 6.09 Å². The van der Waals surface area contributed by atoms with Crippen LogP contribution in [0.4, 0.5) is 4.79 Å². The fourth-order valence-electron chi connectivity index (χ4n) is 1.33. The first-order valence-corrected chi connectivity index (χ1v) is 5.63. The molecule has 0 saturated carbocycles. The second-order valence-corrected chi connectivity index (χ2v) is 5.16. The average molecular weight is 236 g/mol. The van der Waals surface area contributed by atoms with E-state index in [1.807, 2.05) is 39.8 Å². The van der Waals surface area contributed by atoms with Gasteiger partial charge in [0.25, 0.3) is 0 Å². The molecule has 0 unspecified atom stereocenters. The number of nitrogens with zero attached hydrogens (tertiary/aromatic N) is 2. The Balaban J connectivity index is 2.60. The second-order valence-electron chi connectivity index (χ2n) is 5.16. The van der Waals surface area contributed by atoms with Gasteiger partial charge in [-0.1, -0.05) is 0 Å². The van der Waals surface area contributed by atoms with Crippen LogP contribution in [0.2, 0.25) is 0 Å². The summed E-state index contributed by atoms with van der Waals surface area (Å²) in [5.41, 5.74) is 1.52. The quantitative estimate of drug-likeness (QED) is 0.793. The van der Waals surface area contributed by atoms with Crippen LogP contribution in [-0.4, -0.2) is 28.6 Å². The van der Waals surface area contributed by atoms with Crippen LogP contribution in [-0.2, 0) is 11.3 Å². The minimum Gasteiger partial charge on any atom is -0.444 e. The molecule has 17 heavy (non-hydrogen) atoms. The smallest absolute Gasteiger partial charge is 0.410 e. The summed E-state index contributed by atoms with van der Waals surface area (Å²) in [6.45, 7) is 8.01. The Bertz CT molecular complexity index is 397. The van der Waals surface area contributed by atoms with Gasteiger partial charge >= 0.3 is 6.09 Å². The molecule has 1 rings (SSSR count). The Morgan fingerprint density at radius 2 is 2.12 bits per heavy atom. The Hall–Kier alpha value is -1.58. The van der Waals surface area contributed by atoms with Crippen LogP contribution >= 0.6 is 0 Å². The first kappa shape index (κ1) is 13.5. The summed E-state index contributed by atoms with van der Waals surface area (Å²) in [7, 11) is 1.71. The van der Waals surface area contributed by atoms with E-state index in [4.69, 9.17) is 4.74 Å². The topological polar surface area (TPSA) is 42.4 Å². The third kappa shape index (κ3) is 4.85. The molecule has 0 aliphatic heterocycles. The fraction of sp³-hybridized carbons (Fsp3) is 0.538. The highest BCUT2D eigenvalue weighted by Gasteiger charge is 2.19. The van der Waals surface area contributed by atoms with Gasteiger partial charge in [-0.3, -0.25) is 4.98 Å². The van der Waals surface area contributed by atoms with Crippen molar-refractivity contribution in [1.82, 2.24) is 9.88 Å². The minimum absolute atomic E-state index is 0.333. The molecule has 1 aromatic heterocycles. The molecule has 0 aliphatic rings. The van der Waals surface area contributed by atoms with Crippen molar-refractivity contribution in [3.8, 4) is 0 Å². The molecule has 0 spiro atoms. The van der Waals surface area contributed by atoms with Crippen LogP contribution in [0.25, 0.3) is 0 Å². The Morgan fingerprint density at radius 1 is 1.47 bits per heavy atom. The highest BCUT2D eigenvalue weighted by atomic mass is 16.6. The normalized spacial score (nSPS) is 11.1. The summed E-state index contributed by atoms with van der Waals surface area (Å²) < 4.78 is 5.26. The lowest BCUT2D eigenvalue weighted by Crippen LogP contribution is -2.34. The fourth-order valence-corrected chi connectivity index (χ4v) is 1.33. The van der Waals surface area contributed by atoms with Crippen molar-refractivity contribution in [2.24, 2.45) is 0 Å². The van der Waals surface area contributed by atoms with E-state index in [9.17, 15) is 4.79 Å². The van der Waals surface area contributed by atoms with Gasteiger partial charge < -0.3 is 9.64 Å². The molecule has 4 heteroatoms. The van der Waals surface area contributed by atoms with Crippen LogP contribution in [0.15, 0.2) is 18.3 Å². The zero-order valence-corrected chi connectivity index (χ0v) is 11.2. The van der Waals surface area contributed by atoms with Gasteiger partial charge in [0.15, 0.2) is 0 Å². The van der Waals surface area contributed by atoms with Crippen LogP contribution in [0.5, 0.6) is 0 Å². The zero-order chi connectivity index (χ0) is 13.1. The van der Waals surface area contributed by atoms with Crippen LogP contribution in [0.3, 0.4) is 0 Å². The molecule has 1 heterocycles. The van der Waals surface area contributed by atoms with Crippen molar-refractivity contribution in [3.05, 3.63) is 29.6 Å². The Labute approximate surface area is 103 Å². The summed E-state index contributed by atoms with van der Waals surface area (Å²) in [5.74, 6) is 0. The first-order chi connectivity index (χ1) is 7.78. The molecule has 0 atom stereocenters. The molecule has 4 nitrogen and oxygen atoms in total. The number of hydrogen-bond donors (Lipinski definition) is 0. The van der Waals surface area contributed by atoms with Gasteiger partial charge in [0.2, 0.25) is 0 Å². The van der Waals surface area contributed by atoms with Gasteiger partial charge in [0, 0.05) is 13.2 Å². The molecule has 0 saturated heterocycles. The molecule has 0 aliphatic carbocycles. The van der Waals surface area contributed by atoms with Gasteiger partial charge in [-0.2, -0.15) is 0 Å². The van der Waals surface area contributed by atoms with Gasteiger partial charge in [0.05, 0.1) is 12.2 Å². The highest BCUT2D eigenvalue weighted by molar-refractivity contribution is 5.67. The maximum atomic E-state index is 11.7. The largest absolute Gasteiger partial charge is 0.444 e. The predicted octanol–water partition coefficient (Wildman–Crippen LogP) is 2.76. The van der Waals surface area contributed by atoms with E-state index in [0.717, 1.165) is 11.3 Å². The standard InChI is InChI=1S/C13H20N2O2/c1-10-6-7-14-11(8-10)9-15(5)12(16)17-13(2,3)4/h6-8H,9H2,1-5H3. The number of ether oxygens (including phenoxy) is 1. The van der Waals surface area contributed by atoms with Gasteiger partial charge in [-0.05, 0) is 45.4 Å². The summed E-state index contributed by atoms with van der Waals surface area (Å²) in [5, 5.41) is 0. The summed E-state index contributed by atoms with van der Waals surface area (Å²) >= 11 is 0. The number of aryl methyl sites for hydroxylation is 1. The van der Waals surface area contributed by atoms with Gasteiger partial charge in [-0.25, -0.2) is 4.79 Å². The zero-order valence-electron chi connectivity index (χ0n) is 11.2. The maximum absolute atomic E-state index is 11.7. The predicted molar refractivity (Wildman–Crippen MR) is 66.7 cm³/mol. The van der Waals surface area contributed by atoms with Crippen molar-refractivity contribution >= 4 is 6.09 Å². The SMILES string of the molecule is Cc1ccnc(CN(C)C(=O)OC(C)(C)C)c1. The van der Waals surface area contributed by atoms with Crippen molar-refractivity contribution in [1.29, 1.82) is 0 Å². The van der Waals surface area contributed by atoms with Gasteiger partial charge in [0.1, 0.15) is 5.60 Å². The third-order valence-electron chi connectivity index (χ3n) is 2.08. The first-order valence-electron chi connectivity index (χ1n) is 5.63. The molecule has 0 bridgehead atoms. The monoisotopic (exact) mass is 236 g/mol. The summed E-state index contributed by atoms with van der Waals surface area (Å²) in [6, 6.07) is 3.89. The average Bonchev–Trinajstić information content (AvgIpc) is 2.14. The molecular formula is C13H20N2O2. The second kappa shape index (κ2) is 5.17. The van der Waals surface area contributed by atoms with Crippen LogP contribution in [0, 0.1) is 6.92 Å². The van der Waals surface area contributed by atoms with E-state index in [1.165, 1.54) is 4.90 Å². The lowest BCUT2D eigenvalue weighted by atomic mass is 10.2. The molecule has 0 aromatic carbocycles. The van der Waals surface area contributed by atoms with E-state index >= 15 is 0 Å². The molecule has 1 amide bonds. The van der Waals surface area contributed by atoms with Crippen molar-refractivity contribution < 1.29 is 9.53 Å². The summed E-state index contributed by atoms with van der Waals surface area (Å²) in [4.78, 5) is 17.5. The van der Waals surface area contributed by atoms with Crippen molar-refractivity contribution in [2.75, 3.05) is 7.05 Å². The lowest BCUT2D eigenvalue weighted by Gasteiger charge is -2.24. The number of hydrogen-bond acceptors (Lipinski definition) is 3. The number of pyridine rings is 1.